The first-order chi connectivity index (χ1) is 12.6. The van der Waals surface area contributed by atoms with Crippen molar-refractivity contribution in [1.82, 2.24) is 10.1 Å². The van der Waals surface area contributed by atoms with Gasteiger partial charge in [-0.3, -0.25) is 4.98 Å². The number of aliphatic hydroxyl groups excluding tert-OH is 1. The maximum absolute atomic E-state index is 14.3. The minimum Gasteiger partial charge on any atom is -0.383 e. The van der Waals surface area contributed by atoms with Crippen molar-refractivity contribution in [2.75, 3.05) is 0 Å². The Kier molecular flexibility index (Phi) is 4.32. The monoisotopic (exact) mass is 370 g/mol. The molecule has 4 aromatic rings. The molecule has 0 amide bonds. The highest BCUT2D eigenvalue weighted by molar-refractivity contribution is 7.08. The van der Waals surface area contributed by atoms with Gasteiger partial charge in [0, 0.05) is 35.0 Å². The molecule has 0 aliphatic rings. The molecule has 4 rings (SSSR count). The molecule has 26 heavy (non-hydrogen) atoms. The number of nitrogens with zero attached hydrogens (tertiary/aromatic N) is 2. The highest BCUT2D eigenvalue weighted by Crippen LogP contribution is 2.40. The first-order valence-electron chi connectivity index (χ1n) is 7.70. The Hall–Kier alpha value is -2.90. The van der Waals surface area contributed by atoms with Gasteiger partial charge in [0.1, 0.15) is 23.4 Å². The molecule has 7 heteroatoms. The highest BCUT2D eigenvalue weighted by Gasteiger charge is 2.28. The molecule has 0 spiro atoms. The molecular weight excluding hydrogens is 358 g/mol. The van der Waals surface area contributed by atoms with Crippen molar-refractivity contribution in [2.24, 2.45) is 0 Å². The second-order valence-corrected chi connectivity index (χ2v) is 6.38. The van der Waals surface area contributed by atoms with E-state index in [-0.39, 0.29) is 11.3 Å². The predicted octanol–water partition coefficient (Wildman–Crippen LogP) is 4.83. The van der Waals surface area contributed by atoms with Crippen LogP contribution in [0.4, 0.5) is 8.78 Å². The number of hydrogen-bond acceptors (Lipinski definition) is 5. The molecule has 3 aromatic heterocycles. The van der Waals surface area contributed by atoms with Crippen LogP contribution in [0.1, 0.15) is 17.2 Å². The van der Waals surface area contributed by atoms with Crippen molar-refractivity contribution in [3.8, 4) is 22.6 Å². The lowest BCUT2D eigenvalue weighted by molar-refractivity contribution is 0.220. The van der Waals surface area contributed by atoms with Crippen molar-refractivity contribution in [3.05, 3.63) is 82.3 Å². The van der Waals surface area contributed by atoms with Crippen LogP contribution >= 0.6 is 11.3 Å². The van der Waals surface area contributed by atoms with Crippen LogP contribution in [0.15, 0.2) is 64.1 Å². The van der Waals surface area contributed by atoms with E-state index in [1.165, 1.54) is 23.6 Å². The Bertz CT molecular complexity index is 1030. The molecule has 0 fully saturated rings. The molecule has 0 aliphatic carbocycles. The van der Waals surface area contributed by atoms with Crippen molar-refractivity contribution >= 4 is 11.3 Å². The third-order valence-corrected chi connectivity index (χ3v) is 4.66. The standard InChI is InChI=1S/C19H12F2N2O2S/c20-13-3-4-14(15(21)8-13)19-16(18(24)11-2-1-6-22-9-11)17(23-25-19)12-5-7-26-10-12/h1-10,18,24H. The lowest BCUT2D eigenvalue weighted by atomic mass is 9.95. The van der Waals surface area contributed by atoms with Crippen LogP contribution < -0.4 is 0 Å². The van der Waals surface area contributed by atoms with Crippen LogP contribution in [0.3, 0.4) is 0 Å². The van der Waals surface area contributed by atoms with Crippen LogP contribution in [-0.2, 0) is 0 Å². The fraction of sp³-hybridized carbons (Fsp3) is 0.0526. The molecule has 1 atom stereocenters. The van der Waals surface area contributed by atoms with E-state index in [9.17, 15) is 13.9 Å². The Morgan fingerprint density at radius 3 is 2.73 bits per heavy atom. The summed E-state index contributed by atoms with van der Waals surface area (Å²) in [5, 5.41) is 18.7. The van der Waals surface area contributed by atoms with Gasteiger partial charge in [-0.05, 0) is 29.6 Å². The molecule has 3 heterocycles. The summed E-state index contributed by atoms with van der Waals surface area (Å²) in [6.07, 6.45) is 1.97. The normalized spacial score (nSPS) is 12.3. The summed E-state index contributed by atoms with van der Waals surface area (Å²) < 4.78 is 33.0. The Balaban J connectivity index is 1.93. The molecule has 0 bridgehead atoms. The SMILES string of the molecule is OC(c1cccnc1)c1c(-c2ccsc2)noc1-c1ccc(F)cc1F. The van der Waals surface area contributed by atoms with E-state index in [0.29, 0.717) is 16.8 Å². The molecule has 0 radical (unpaired) electrons. The van der Waals surface area contributed by atoms with Gasteiger partial charge in [0.2, 0.25) is 0 Å². The minimum absolute atomic E-state index is 0.0262. The topological polar surface area (TPSA) is 59.2 Å². The maximum Gasteiger partial charge on any atom is 0.176 e. The maximum atomic E-state index is 14.3. The van der Waals surface area contributed by atoms with Gasteiger partial charge >= 0.3 is 0 Å². The van der Waals surface area contributed by atoms with E-state index in [1.54, 1.807) is 18.3 Å². The number of rotatable bonds is 4. The number of benzene rings is 1. The van der Waals surface area contributed by atoms with Gasteiger partial charge in [-0.2, -0.15) is 11.3 Å². The zero-order valence-electron chi connectivity index (χ0n) is 13.3. The zero-order chi connectivity index (χ0) is 18.1. The van der Waals surface area contributed by atoms with Crippen molar-refractivity contribution in [2.45, 2.75) is 6.10 Å². The second kappa shape index (κ2) is 6.78. The molecule has 0 aliphatic heterocycles. The van der Waals surface area contributed by atoms with Gasteiger partial charge in [-0.15, -0.1) is 0 Å². The number of aromatic nitrogens is 2. The summed E-state index contributed by atoms with van der Waals surface area (Å²) in [5.74, 6) is -1.43. The smallest absolute Gasteiger partial charge is 0.176 e. The Labute approximate surface area is 151 Å². The van der Waals surface area contributed by atoms with Crippen LogP contribution in [0, 0.1) is 11.6 Å². The van der Waals surface area contributed by atoms with E-state index in [2.05, 4.69) is 10.1 Å². The van der Waals surface area contributed by atoms with E-state index < -0.39 is 17.7 Å². The quantitative estimate of drug-likeness (QED) is 0.559. The lowest BCUT2D eigenvalue weighted by Crippen LogP contribution is -2.03. The third-order valence-electron chi connectivity index (χ3n) is 3.97. The summed E-state index contributed by atoms with van der Waals surface area (Å²) in [6, 6.07) is 8.38. The summed E-state index contributed by atoms with van der Waals surface area (Å²) in [7, 11) is 0. The van der Waals surface area contributed by atoms with Gasteiger partial charge in [0.05, 0.1) is 11.1 Å². The van der Waals surface area contributed by atoms with Gasteiger partial charge in [0.15, 0.2) is 5.76 Å². The average molecular weight is 370 g/mol. The van der Waals surface area contributed by atoms with Crippen molar-refractivity contribution in [3.63, 3.8) is 0 Å². The summed E-state index contributed by atoms with van der Waals surface area (Å²) in [5.41, 5.74) is 1.99. The molecule has 0 saturated heterocycles. The first-order valence-corrected chi connectivity index (χ1v) is 8.65. The van der Waals surface area contributed by atoms with Crippen molar-refractivity contribution in [1.29, 1.82) is 0 Å². The van der Waals surface area contributed by atoms with Gasteiger partial charge in [-0.25, -0.2) is 8.78 Å². The largest absolute Gasteiger partial charge is 0.383 e. The molecule has 1 N–H and O–H groups in total. The molecule has 1 unspecified atom stereocenters. The van der Waals surface area contributed by atoms with Crippen LogP contribution in [0.2, 0.25) is 0 Å². The summed E-state index contributed by atoms with van der Waals surface area (Å²) >= 11 is 1.46. The Morgan fingerprint density at radius 1 is 1.15 bits per heavy atom. The van der Waals surface area contributed by atoms with Crippen LogP contribution in [0.5, 0.6) is 0 Å². The fourth-order valence-electron chi connectivity index (χ4n) is 2.73. The summed E-state index contributed by atoms with van der Waals surface area (Å²) in [6.45, 7) is 0. The van der Waals surface area contributed by atoms with E-state index >= 15 is 0 Å². The van der Waals surface area contributed by atoms with Crippen LogP contribution in [-0.4, -0.2) is 15.2 Å². The number of hydrogen-bond donors (Lipinski definition) is 1. The second-order valence-electron chi connectivity index (χ2n) is 5.60. The number of pyridine rings is 1. The molecule has 1 aromatic carbocycles. The summed E-state index contributed by atoms with van der Waals surface area (Å²) in [4.78, 5) is 4.01. The van der Waals surface area contributed by atoms with Crippen LogP contribution in [0.25, 0.3) is 22.6 Å². The van der Waals surface area contributed by atoms with Gasteiger partial charge in [0.25, 0.3) is 0 Å². The lowest BCUT2D eigenvalue weighted by Gasteiger charge is -2.12. The third kappa shape index (κ3) is 2.91. The average Bonchev–Trinajstić information content (AvgIpc) is 3.31. The van der Waals surface area contributed by atoms with Crippen molar-refractivity contribution < 1.29 is 18.4 Å². The van der Waals surface area contributed by atoms with E-state index in [0.717, 1.165) is 17.7 Å². The molecule has 0 saturated carbocycles. The highest BCUT2D eigenvalue weighted by atomic mass is 32.1. The predicted molar refractivity (Wildman–Crippen MR) is 93.5 cm³/mol. The zero-order valence-corrected chi connectivity index (χ0v) is 14.1. The number of halogens is 2. The molecule has 4 nitrogen and oxygen atoms in total. The molecular formula is C19H12F2N2O2S. The first kappa shape index (κ1) is 16.6. The number of thiophene rings is 1. The van der Waals surface area contributed by atoms with E-state index in [4.69, 9.17) is 4.52 Å². The fourth-order valence-corrected chi connectivity index (χ4v) is 3.37. The molecule has 130 valence electrons. The van der Waals surface area contributed by atoms with Gasteiger partial charge in [-0.1, -0.05) is 11.2 Å². The van der Waals surface area contributed by atoms with Gasteiger partial charge < -0.3 is 9.63 Å². The number of aliphatic hydroxyl groups is 1. The van der Waals surface area contributed by atoms with E-state index in [1.807, 2.05) is 16.8 Å². The Morgan fingerprint density at radius 2 is 2.04 bits per heavy atom. The minimum atomic E-state index is -1.13.